The monoisotopic (exact) mass is 298 g/mol. The van der Waals surface area contributed by atoms with Crippen molar-refractivity contribution in [3.8, 4) is 5.75 Å². The lowest BCUT2D eigenvalue weighted by atomic mass is 10.3. The van der Waals surface area contributed by atoms with E-state index in [0.29, 0.717) is 0 Å². The van der Waals surface area contributed by atoms with E-state index in [0.717, 1.165) is 28.1 Å². The number of nitrogens with one attached hydrogen (secondary N) is 1. The van der Waals surface area contributed by atoms with Crippen LogP contribution in [-0.4, -0.2) is 12.1 Å². The molecule has 0 radical (unpaired) electrons. The number of methoxy groups -OCH3 is 1. The molecule has 1 heterocycles. The first-order chi connectivity index (χ1) is 7.79. The fraction of sp³-hybridized carbons (Fsp3) is 0.182. The number of hydrogen-bond donors (Lipinski definition) is 1. The number of aromatic nitrogens is 1. The Morgan fingerprint density at radius 1 is 1.50 bits per heavy atom. The summed E-state index contributed by atoms with van der Waals surface area (Å²) in [5, 5.41) is 5.34. The highest BCUT2D eigenvalue weighted by Crippen LogP contribution is 2.27. The average Bonchev–Trinajstić information content (AvgIpc) is 2.81. The van der Waals surface area contributed by atoms with Crippen LogP contribution in [0.4, 0.5) is 5.69 Å². The maximum Gasteiger partial charge on any atom is 0.121 e. The standard InChI is InChI=1S/C11H11BrN2OS/c1-15-9-2-3-10(12)11(4-9)13-5-8-6-16-7-14-8/h2-4,6-7,13H,5H2,1H3. The van der Waals surface area contributed by atoms with Crippen molar-refractivity contribution in [1.82, 2.24) is 4.98 Å². The lowest BCUT2D eigenvalue weighted by Gasteiger charge is -2.09. The molecule has 0 unspecified atom stereocenters. The van der Waals surface area contributed by atoms with E-state index in [-0.39, 0.29) is 0 Å². The molecule has 1 N–H and O–H groups in total. The maximum atomic E-state index is 5.17. The molecule has 0 fully saturated rings. The van der Waals surface area contributed by atoms with E-state index < -0.39 is 0 Å². The van der Waals surface area contributed by atoms with Crippen molar-refractivity contribution >= 4 is 33.0 Å². The van der Waals surface area contributed by atoms with Crippen molar-refractivity contribution in [2.45, 2.75) is 6.54 Å². The molecule has 3 nitrogen and oxygen atoms in total. The first-order valence-electron chi connectivity index (χ1n) is 4.74. The summed E-state index contributed by atoms with van der Waals surface area (Å²) < 4.78 is 6.19. The van der Waals surface area contributed by atoms with Gasteiger partial charge in [0.15, 0.2) is 0 Å². The molecular formula is C11H11BrN2OS. The molecule has 1 aromatic heterocycles. The van der Waals surface area contributed by atoms with Crippen molar-refractivity contribution in [3.05, 3.63) is 39.3 Å². The Morgan fingerprint density at radius 3 is 3.06 bits per heavy atom. The lowest BCUT2D eigenvalue weighted by molar-refractivity contribution is 0.415. The third-order valence-electron chi connectivity index (χ3n) is 2.12. The molecule has 1 aromatic carbocycles. The van der Waals surface area contributed by atoms with E-state index in [9.17, 15) is 0 Å². The fourth-order valence-electron chi connectivity index (χ4n) is 1.28. The molecule has 0 aliphatic carbocycles. The highest BCUT2D eigenvalue weighted by atomic mass is 79.9. The van der Waals surface area contributed by atoms with Crippen LogP contribution in [0, 0.1) is 0 Å². The summed E-state index contributed by atoms with van der Waals surface area (Å²) in [6, 6.07) is 5.83. The Morgan fingerprint density at radius 2 is 2.38 bits per heavy atom. The van der Waals surface area contributed by atoms with Gasteiger partial charge in [-0.3, -0.25) is 0 Å². The quantitative estimate of drug-likeness (QED) is 0.938. The summed E-state index contributed by atoms with van der Waals surface area (Å²) >= 11 is 5.09. The average molecular weight is 299 g/mol. The summed E-state index contributed by atoms with van der Waals surface area (Å²) in [5.74, 6) is 0.837. The summed E-state index contributed by atoms with van der Waals surface area (Å²) in [7, 11) is 1.66. The zero-order chi connectivity index (χ0) is 11.4. The molecule has 0 saturated heterocycles. The van der Waals surface area contributed by atoms with Crippen molar-refractivity contribution in [1.29, 1.82) is 0 Å². The molecule has 0 saturated carbocycles. The number of nitrogens with zero attached hydrogens (tertiary/aromatic N) is 1. The minimum Gasteiger partial charge on any atom is -0.497 e. The summed E-state index contributed by atoms with van der Waals surface area (Å²) in [6.07, 6.45) is 0. The van der Waals surface area contributed by atoms with Gasteiger partial charge in [-0.1, -0.05) is 0 Å². The van der Waals surface area contributed by atoms with Gasteiger partial charge in [0.05, 0.1) is 30.5 Å². The van der Waals surface area contributed by atoms with Crippen LogP contribution in [0.15, 0.2) is 33.6 Å². The van der Waals surface area contributed by atoms with Crippen LogP contribution in [-0.2, 0) is 6.54 Å². The summed E-state index contributed by atoms with van der Waals surface area (Å²) in [6.45, 7) is 0.718. The van der Waals surface area contributed by atoms with Gasteiger partial charge in [-0.25, -0.2) is 4.98 Å². The van der Waals surface area contributed by atoms with Crippen LogP contribution < -0.4 is 10.1 Å². The number of halogens is 1. The number of ether oxygens (including phenoxy) is 1. The third kappa shape index (κ3) is 2.74. The van der Waals surface area contributed by atoms with Gasteiger partial charge in [0.25, 0.3) is 0 Å². The van der Waals surface area contributed by atoms with E-state index in [1.807, 2.05) is 29.1 Å². The minimum atomic E-state index is 0.718. The number of benzene rings is 1. The number of hydrogen-bond acceptors (Lipinski definition) is 4. The van der Waals surface area contributed by atoms with Crippen molar-refractivity contribution < 1.29 is 4.74 Å². The molecule has 0 aliphatic heterocycles. The van der Waals surface area contributed by atoms with E-state index in [1.165, 1.54) is 0 Å². The van der Waals surface area contributed by atoms with Gasteiger partial charge in [0, 0.05) is 15.9 Å². The number of thiazole rings is 1. The van der Waals surface area contributed by atoms with Crippen LogP contribution in [0.5, 0.6) is 5.75 Å². The number of anilines is 1. The van der Waals surface area contributed by atoms with Crippen molar-refractivity contribution in [2.24, 2.45) is 0 Å². The van der Waals surface area contributed by atoms with E-state index in [2.05, 4.69) is 26.2 Å². The largest absolute Gasteiger partial charge is 0.497 e. The second-order valence-corrected chi connectivity index (χ2v) is 4.75. The van der Waals surface area contributed by atoms with E-state index in [4.69, 9.17) is 4.74 Å². The Labute approximate surface area is 107 Å². The van der Waals surface area contributed by atoms with Crippen LogP contribution >= 0.6 is 27.3 Å². The normalized spacial score (nSPS) is 10.1. The zero-order valence-electron chi connectivity index (χ0n) is 8.74. The van der Waals surface area contributed by atoms with Crippen LogP contribution in [0.1, 0.15) is 5.69 Å². The maximum absolute atomic E-state index is 5.17. The minimum absolute atomic E-state index is 0.718. The summed E-state index contributed by atoms with van der Waals surface area (Å²) in [4.78, 5) is 4.21. The molecule has 2 rings (SSSR count). The smallest absolute Gasteiger partial charge is 0.121 e. The van der Waals surface area contributed by atoms with Gasteiger partial charge in [-0.15, -0.1) is 11.3 Å². The van der Waals surface area contributed by atoms with Gasteiger partial charge >= 0.3 is 0 Å². The molecule has 16 heavy (non-hydrogen) atoms. The molecule has 0 atom stereocenters. The highest BCUT2D eigenvalue weighted by Gasteiger charge is 2.02. The van der Waals surface area contributed by atoms with E-state index >= 15 is 0 Å². The van der Waals surface area contributed by atoms with E-state index in [1.54, 1.807) is 18.4 Å². The van der Waals surface area contributed by atoms with Gasteiger partial charge in [0.1, 0.15) is 5.75 Å². The fourth-order valence-corrected chi connectivity index (χ4v) is 2.22. The Kier molecular flexibility index (Phi) is 3.79. The zero-order valence-corrected chi connectivity index (χ0v) is 11.1. The topological polar surface area (TPSA) is 34.1 Å². The lowest BCUT2D eigenvalue weighted by Crippen LogP contribution is -2.00. The first-order valence-corrected chi connectivity index (χ1v) is 6.47. The van der Waals surface area contributed by atoms with Gasteiger partial charge in [0.2, 0.25) is 0 Å². The molecule has 5 heteroatoms. The number of rotatable bonds is 4. The molecule has 0 bridgehead atoms. The molecule has 0 amide bonds. The van der Waals surface area contributed by atoms with Gasteiger partial charge < -0.3 is 10.1 Å². The second-order valence-electron chi connectivity index (χ2n) is 3.18. The van der Waals surface area contributed by atoms with Crippen molar-refractivity contribution in [2.75, 3.05) is 12.4 Å². The van der Waals surface area contributed by atoms with Gasteiger partial charge in [-0.2, -0.15) is 0 Å². The molecular weight excluding hydrogens is 288 g/mol. The SMILES string of the molecule is COc1ccc(Br)c(NCc2cscn2)c1. The highest BCUT2D eigenvalue weighted by molar-refractivity contribution is 9.10. The Balaban J connectivity index is 2.08. The Bertz CT molecular complexity index is 459. The Hall–Kier alpha value is -1.07. The molecule has 0 spiro atoms. The van der Waals surface area contributed by atoms with Gasteiger partial charge in [-0.05, 0) is 28.1 Å². The summed E-state index contributed by atoms with van der Waals surface area (Å²) in [5.41, 5.74) is 3.88. The molecule has 84 valence electrons. The predicted molar refractivity (Wildman–Crippen MR) is 70.1 cm³/mol. The van der Waals surface area contributed by atoms with Crippen LogP contribution in [0.2, 0.25) is 0 Å². The van der Waals surface area contributed by atoms with Crippen LogP contribution in [0.3, 0.4) is 0 Å². The van der Waals surface area contributed by atoms with Crippen molar-refractivity contribution in [3.63, 3.8) is 0 Å². The molecule has 0 aliphatic rings. The van der Waals surface area contributed by atoms with Crippen LogP contribution in [0.25, 0.3) is 0 Å². The second kappa shape index (κ2) is 5.32. The third-order valence-corrected chi connectivity index (χ3v) is 3.44. The predicted octanol–water partition coefficient (Wildman–Crippen LogP) is 3.53. The first kappa shape index (κ1) is 11.4. The molecule has 2 aromatic rings.